The van der Waals surface area contributed by atoms with E-state index in [0.29, 0.717) is 32.8 Å². The molecule has 2 heterocycles. The van der Waals surface area contributed by atoms with E-state index < -0.39 is 9.84 Å². The molecule has 2 atom stereocenters. The Kier molecular flexibility index (Phi) is 3.84. The number of hydrogen-bond donors (Lipinski definition) is 0. The number of nitrogens with zero attached hydrogens (tertiary/aromatic N) is 1. The quantitative estimate of drug-likeness (QED) is 0.828. The van der Waals surface area contributed by atoms with Crippen LogP contribution in [-0.2, 0) is 16.4 Å². The topological polar surface area (TPSA) is 55.8 Å². The maximum absolute atomic E-state index is 12.1. The molecule has 0 bridgehead atoms. The average Bonchev–Trinajstić information content (AvgIpc) is 2.46. The van der Waals surface area contributed by atoms with Crippen molar-refractivity contribution in [3.63, 3.8) is 0 Å². The lowest BCUT2D eigenvalue weighted by atomic mass is 10.1. The summed E-state index contributed by atoms with van der Waals surface area (Å²) in [5.41, 5.74) is 1.06. The Bertz CT molecular complexity index is 611. The van der Waals surface area contributed by atoms with Crippen molar-refractivity contribution in [3.05, 3.63) is 23.8 Å². The second kappa shape index (κ2) is 5.50. The molecule has 21 heavy (non-hydrogen) atoms. The van der Waals surface area contributed by atoms with E-state index in [1.54, 1.807) is 13.8 Å². The lowest BCUT2D eigenvalue weighted by Gasteiger charge is -2.35. The maximum Gasteiger partial charge on any atom is 0.165 e. The van der Waals surface area contributed by atoms with E-state index in [9.17, 15) is 8.42 Å². The van der Waals surface area contributed by atoms with Gasteiger partial charge in [0.05, 0.1) is 10.5 Å². The molecule has 2 aliphatic rings. The highest BCUT2D eigenvalue weighted by Crippen LogP contribution is 2.34. The molecule has 0 radical (unpaired) electrons. The average molecular weight is 311 g/mol. The first kappa shape index (κ1) is 14.7. The fourth-order valence-corrected chi connectivity index (χ4v) is 4.67. The number of benzene rings is 1. The SMILES string of the molecule is CC1CN(Cc2cccc3c2OCCO3)CC(C)S1(=O)=O. The van der Waals surface area contributed by atoms with Crippen molar-refractivity contribution in [1.82, 2.24) is 4.90 Å². The van der Waals surface area contributed by atoms with Crippen LogP contribution in [0.3, 0.4) is 0 Å². The zero-order valence-corrected chi connectivity index (χ0v) is 13.2. The van der Waals surface area contributed by atoms with Gasteiger partial charge in [0.2, 0.25) is 0 Å². The molecule has 3 rings (SSSR count). The van der Waals surface area contributed by atoms with Crippen molar-refractivity contribution in [1.29, 1.82) is 0 Å². The van der Waals surface area contributed by atoms with Crippen molar-refractivity contribution >= 4 is 9.84 Å². The molecule has 0 spiro atoms. The Labute approximate surface area is 125 Å². The normalized spacial score (nSPS) is 28.3. The molecule has 116 valence electrons. The number of sulfone groups is 1. The van der Waals surface area contributed by atoms with Crippen LogP contribution in [0.4, 0.5) is 0 Å². The molecule has 5 nitrogen and oxygen atoms in total. The summed E-state index contributed by atoms with van der Waals surface area (Å²) in [6.45, 7) is 6.54. The molecule has 1 aromatic carbocycles. The van der Waals surface area contributed by atoms with Crippen LogP contribution in [-0.4, -0.2) is 50.1 Å². The molecule has 2 unspecified atom stereocenters. The lowest BCUT2D eigenvalue weighted by molar-refractivity contribution is 0.166. The van der Waals surface area contributed by atoms with Crippen LogP contribution >= 0.6 is 0 Å². The smallest absolute Gasteiger partial charge is 0.165 e. The second-order valence-corrected chi connectivity index (χ2v) is 8.63. The summed E-state index contributed by atoms with van der Waals surface area (Å²) in [6, 6.07) is 5.88. The van der Waals surface area contributed by atoms with Crippen LogP contribution < -0.4 is 9.47 Å². The van der Waals surface area contributed by atoms with Gasteiger partial charge in [-0.15, -0.1) is 0 Å². The van der Waals surface area contributed by atoms with Crippen molar-refractivity contribution in [2.24, 2.45) is 0 Å². The third-order valence-corrected chi connectivity index (χ3v) is 6.74. The first-order valence-electron chi connectivity index (χ1n) is 7.31. The largest absolute Gasteiger partial charge is 0.486 e. The maximum atomic E-state index is 12.1. The van der Waals surface area contributed by atoms with Crippen LogP contribution in [0.2, 0.25) is 0 Å². The van der Waals surface area contributed by atoms with Crippen molar-refractivity contribution in [2.75, 3.05) is 26.3 Å². The molecule has 1 aromatic rings. The molecular weight excluding hydrogens is 290 g/mol. The van der Waals surface area contributed by atoms with Gasteiger partial charge in [0.1, 0.15) is 13.2 Å². The van der Waals surface area contributed by atoms with Crippen LogP contribution in [0, 0.1) is 0 Å². The first-order chi connectivity index (χ1) is 9.98. The Morgan fingerprint density at radius 2 is 1.81 bits per heavy atom. The number of fused-ring (bicyclic) bond motifs is 1. The predicted molar refractivity (Wildman–Crippen MR) is 80.6 cm³/mol. The van der Waals surface area contributed by atoms with Crippen LogP contribution in [0.15, 0.2) is 18.2 Å². The Hall–Kier alpha value is -1.27. The number of rotatable bonds is 2. The third-order valence-electron chi connectivity index (χ3n) is 4.19. The summed E-state index contributed by atoms with van der Waals surface area (Å²) in [4.78, 5) is 2.18. The molecule has 1 saturated heterocycles. The van der Waals surface area contributed by atoms with Gasteiger partial charge in [-0.1, -0.05) is 12.1 Å². The monoisotopic (exact) mass is 311 g/mol. The van der Waals surface area contributed by atoms with E-state index in [2.05, 4.69) is 4.90 Å². The fourth-order valence-electron chi connectivity index (χ4n) is 3.03. The minimum Gasteiger partial charge on any atom is -0.486 e. The molecule has 1 fully saturated rings. The van der Waals surface area contributed by atoms with Gasteiger partial charge in [-0.2, -0.15) is 0 Å². The molecule has 0 N–H and O–H groups in total. The van der Waals surface area contributed by atoms with Gasteiger partial charge < -0.3 is 9.47 Å². The summed E-state index contributed by atoms with van der Waals surface area (Å²) in [5, 5.41) is -0.643. The first-order valence-corrected chi connectivity index (χ1v) is 8.92. The Morgan fingerprint density at radius 1 is 1.14 bits per heavy atom. The van der Waals surface area contributed by atoms with Crippen molar-refractivity contribution < 1.29 is 17.9 Å². The standard InChI is InChI=1S/C15H21NO4S/c1-11-8-16(9-12(2)21(11,17)18)10-13-4-3-5-14-15(13)20-7-6-19-14/h3-5,11-12H,6-10H2,1-2H3. The molecule has 2 aliphatic heterocycles. The predicted octanol–water partition coefficient (Wildman–Crippen LogP) is 1.47. The highest BCUT2D eigenvalue weighted by Gasteiger charge is 2.36. The van der Waals surface area contributed by atoms with E-state index in [4.69, 9.17) is 9.47 Å². The highest BCUT2D eigenvalue weighted by molar-refractivity contribution is 7.92. The number of ether oxygens (including phenoxy) is 2. The van der Waals surface area contributed by atoms with E-state index >= 15 is 0 Å². The van der Waals surface area contributed by atoms with Crippen LogP contribution in [0.5, 0.6) is 11.5 Å². The zero-order valence-electron chi connectivity index (χ0n) is 12.4. The number of hydrogen-bond acceptors (Lipinski definition) is 5. The molecular formula is C15H21NO4S. The van der Waals surface area contributed by atoms with Gasteiger partial charge in [0, 0.05) is 25.2 Å². The molecule has 6 heteroatoms. The summed E-state index contributed by atoms with van der Waals surface area (Å²) in [6.07, 6.45) is 0. The van der Waals surface area contributed by atoms with Gasteiger partial charge in [-0.25, -0.2) is 8.42 Å². The van der Waals surface area contributed by atoms with Gasteiger partial charge >= 0.3 is 0 Å². The van der Waals surface area contributed by atoms with Gasteiger partial charge in [-0.3, -0.25) is 4.90 Å². The molecule has 0 saturated carbocycles. The molecule has 0 aliphatic carbocycles. The third kappa shape index (κ3) is 2.74. The number of para-hydroxylation sites is 1. The Morgan fingerprint density at radius 3 is 2.52 bits per heavy atom. The summed E-state index contributed by atoms with van der Waals surface area (Å²) < 4.78 is 35.5. The lowest BCUT2D eigenvalue weighted by Crippen LogP contribution is -2.49. The van der Waals surface area contributed by atoms with Gasteiger partial charge in [-0.05, 0) is 19.9 Å². The van der Waals surface area contributed by atoms with Crippen molar-refractivity contribution in [2.45, 2.75) is 30.9 Å². The van der Waals surface area contributed by atoms with Gasteiger partial charge in [0.25, 0.3) is 0 Å². The zero-order chi connectivity index (χ0) is 15.0. The van der Waals surface area contributed by atoms with Crippen molar-refractivity contribution in [3.8, 4) is 11.5 Å². The molecule has 0 amide bonds. The van der Waals surface area contributed by atoms with Gasteiger partial charge in [0.15, 0.2) is 21.3 Å². The summed E-state index contributed by atoms with van der Waals surface area (Å²) in [7, 11) is -2.98. The second-order valence-electron chi connectivity index (χ2n) is 5.85. The molecule has 0 aromatic heterocycles. The minimum absolute atomic E-state index is 0.321. The highest BCUT2D eigenvalue weighted by atomic mass is 32.2. The van der Waals surface area contributed by atoms with E-state index in [1.807, 2.05) is 18.2 Å². The fraction of sp³-hybridized carbons (Fsp3) is 0.600. The summed E-state index contributed by atoms with van der Waals surface area (Å²) in [5.74, 6) is 1.59. The van der Waals surface area contributed by atoms with Crippen LogP contribution in [0.1, 0.15) is 19.4 Å². The van der Waals surface area contributed by atoms with Crippen LogP contribution in [0.25, 0.3) is 0 Å². The van der Waals surface area contributed by atoms with E-state index in [0.717, 1.165) is 17.1 Å². The summed E-state index contributed by atoms with van der Waals surface area (Å²) >= 11 is 0. The van der Waals surface area contributed by atoms with E-state index in [1.165, 1.54) is 0 Å². The Balaban J connectivity index is 1.79. The minimum atomic E-state index is -2.98. The van der Waals surface area contributed by atoms with E-state index in [-0.39, 0.29) is 10.5 Å².